The van der Waals surface area contributed by atoms with Crippen molar-refractivity contribution >= 4 is 56.1 Å². The Labute approximate surface area is 253 Å². The molecule has 0 saturated carbocycles. The highest BCUT2D eigenvalue weighted by Crippen LogP contribution is 2.53. The van der Waals surface area contributed by atoms with E-state index in [4.69, 9.17) is 45.5 Å². The minimum absolute atomic E-state index is 0.126. The lowest BCUT2D eigenvalue weighted by Crippen LogP contribution is -2.36. The molecule has 45 heavy (non-hydrogen) atoms. The third kappa shape index (κ3) is 5.44. The molecule has 3 aliphatic heterocycles. The second-order valence-corrected chi connectivity index (χ2v) is 13.3. The number of phosphoric acid groups is 2. The van der Waals surface area contributed by atoms with Crippen molar-refractivity contribution in [2.24, 2.45) is 0 Å². The van der Waals surface area contributed by atoms with E-state index in [2.05, 4.69) is 29.9 Å². The van der Waals surface area contributed by atoms with Crippen molar-refractivity contribution < 1.29 is 56.7 Å². The number of H-pyrrole nitrogens is 2. The lowest BCUT2D eigenvalue weighted by molar-refractivity contribution is -0.0672. The van der Waals surface area contributed by atoms with Crippen molar-refractivity contribution in [1.29, 1.82) is 0 Å². The van der Waals surface area contributed by atoms with Gasteiger partial charge in [-0.15, -0.1) is 0 Å². The molecule has 0 spiro atoms. The standard InChI is InChI=1S/C20H23N9O13P2S/c21-20-26-15-8(16(32)27-20)24-4-29(15)19-13-10(30)6(39-19)1-37-43(33,34)41-12-7(2-38-44(35,36)42-13)40-18(11(12)31)28-5-25-9-14(28)22-3-23-17(9)45/h3-7,10-13,18-19,30-31H,1-2H2,(H,33,34)(H,35,36)(H,22,23,45)(H3,21,26,27,32)/t6-,7-,10-,11-,12-,13-,18-,19-/m1/s1. The Morgan fingerprint density at radius 1 is 0.889 bits per heavy atom. The number of hydrogen-bond acceptors (Lipinski definition) is 17. The van der Waals surface area contributed by atoms with Gasteiger partial charge in [0.25, 0.3) is 5.56 Å². The predicted molar refractivity (Wildman–Crippen MR) is 146 cm³/mol. The maximum absolute atomic E-state index is 13.2. The van der Waals surface area contributed by atoms with Crippen LogP contribution in [0.3, 0.4) is 0 Å². The molecule has 4 aromatic rings. The largest absolute Gasteiger partial charge is 0.472 e. The second-order valence-electron chi connectivity index (χ2n) is 10.1. The molecule has 0 aromatic carbocycles. The number of phosphoric ester groups is 2. The van der Waals surface area contributed by atoms with E-state index in [1.807, 2.05) is 0 Å². The van der Waals surface area contributed by atoms with Crippen LogP contribution < -0.4 is 11.3 Å². The quantitative estimate of drug-likeness (QED) is 0.0952. The molecule has 10 atom stereocenters. The maximum atomic E-state index is 13.2. The predicted octanol–water partition coefficient (Wildman–Crippen LogP) is -1.26. The molecular formula is C20H23N9O13P2S. The summed E-state index contributed by atoms with van der Waals surface area (Å²) in [6, 6.07) is 0. The zero-order valence-corrected chi connectivity index (χ0v) is 24.9. The first-order valence-corrected chi connectivity index (χ1v) is 16.3. The molecule has 7 heterocycles. The van der Waals surface area contributed by atoms with Gasteiger partial charge in [-0.25, -0.2) is 24.1 Å². The van der Waals surface area contributed by atoms with Gasteiger partial charge in [-0.1, -0.05) is 12.2 Å². The zero-order chi connectivity index (χ0) is 31.8. The number of nitrogens with two attached hydrogens (primary N) is 1. The van der Waals surface area contributed by atoms with Crippen molar-refractivity contribution in [3.8, 4) is 0 Å². The molecular weight excluding hydrogens is 668 g/mol. The normalized spacial score (nSPS) is 37.7. The van der Waals surface area contributed by atoms with Gasteiger partial charge < -0.3 is 40.2 Å². The first kappa shape index (κ1) is 30.6. The molecule has 0 radical (unpaired) electrons. The summed E-state index contributed by atoms with van der Waals surface area (Å²) in [6.45, 7) is -1.64. The number of aliphatic hydroxyl groups is 2. The SMILES string of the molecule is Nc1nc2c(ncn2[C@@H]2O[C@@H]3COP(=O)(O)O[C@H]4[C@@H](O)[C@H](n5cnc6c(=S)[nH]cnc65)O[C@@H]4COP(=O)(O)O[C@@H]2[C@@H]3O)c(=O)[nH]1. The first-order valence-electron chi connectivity index (χ1n) is 12.9. The van der Waals surface area contributed by atoms with Gasteiger partial charge >= 0.3 is 15.6 Å². The molecule has 7 rings (SSSR count). The van der Waals surface area contributed by atoms with Crippen LogP contribution in [0.4, 0.5) is 5.95 Å². The van der Waals surface area contributed by atoms with E-state index in [1.165, 1.54) is 17.2 Å². The Balaban J connectivity index is 1.21. The summed E-state index contributed by atoms with van der Waals surface area (Å²) in [4.78, 5) is 54.8. The Bertz CT molecular complexity index is 2000. The fourth-order valence-corrected chi connectivity index (χ4v) is 7.38. The first-order chi connectivity index (χ1) is 21.3. The summed E-state index contributed by atoms with van der Waals surface area (Å²) in [6.07, 6.45) is -8.94. The average molecular weight is 691 g/mol. The molecule has 4 aromatic heterocycles. The monoisotopic (exact) mass is 691 g/mol. The Kier molecular flexibility index (Phi) is 7.52. The summed E-state index contributed by atoms with van der Waals surface area (Å²) >= 11 is 5.20. The van der Waals surface area contributed by atoms with Crippen LogP contribution in [0.1, 0.15) is 12.5 Å². The summed E-state index contributed by atoms with van der Waals surface area (Å²) in [7, 11) is -10.2. The molecule has 3 saturated heterocycles. The van der Waals surface area contributed by atoms with Crippen LogP contribution in [0.2, 0.25) is 0 Å². The minimum Gasteiger partial charge on any atom is -0.387 e. The van der Waals surface area contributed by atoms with Crippen molar-refractivity contribution in [3.63, 3.8) is 0 Å². The third-order valence-electron chi connectivity index (χ3n) is 7.30. The van der Waals surface area contributed by atoms with Gasteiger partial charge in [0.1, 0.15) is 46.8 Å². The number of fused-ring (bicyclic) bond motifs is 5. The van der Waals surface area contributed by atoms with Gasteiger partial charge in [0, 0.05) is 0 Å². The molecule has 8 N–H and O–H groups in total. The molecule has 22 nitrogen and oxygen atoms in total. The molecule has 3 aliphatic rings. The summed E-state index contributed by atoms with van der Waals surface area (Å²) in [5.74, 6) is -0.282. The van der Waals surface area contributed by atoms with Crippen LogP contribution >= 0.6 is 27.9 Å². The van der Waals surface area contributed by atoms with Gasteiger partial charge in [-0.05, 0) is 0 Å². The number of aromatic amines is 2. The number of nitrogen functional groups attached to an aromatic ring is 1. The van der Waals surface area contributed by atoms with E-state index in [0.29, 0.717) is 0 Å². The number of rotatable bonds is 2. The van der Waals surface area contributed by atoms with E-state index >= 15 is 0 Å². The van der Waals surface area contributed by atoms with Crippen LogP contribution in [0, 0.1) is 4.64 Å². The number of hydrogen-bond donors (Lipinski definition) is 7. The Morgan fingerprint density at radius 3 is 2.24 bits per heavy atom. The third-order valence-corrected chi connectivity index (χ3v) is 9.58. The van der Waals surface area contributed by atoms with Crippen LogP contribution in [0.15, 0.2) is 23.8 Å². The number of nitrogens with one attached hydrogen (secondary N) is 2. The maximum Gasteiger partial charge on any atom is 0.472 e. The van der Waals surface area contributed by atoms with Crippen LogP contribution in [-0.2, 0) is 36.7 Å². The van der Waals surface area contributed by atoms with E-state index < -0.39 is 83.5 Å². The summed E-state index contributed by atoms with van der Waals surface area (Å²) in [5.41, 5.74) is 5.12. The molecule has 2 unspecified atom stereocenters. The van der Waals surface area contributed by atoms with Crippen molar-refractivity contribution in [1.82, 2.24) is 39.0 Å². The fourth-order valence-electron chi connectivity index (χ4n) is 5.29. The van der Waals surface area contributed by atoms with Crippen LogP contribution in [-0.4, -0.2) is 109 Å². The number of aliphatic hydroxyl groups excluding tert-OH is 2. The topological polar surface area (TPSA) is 307 Å². The second kappa shape index (κ2) is 11.1. The highest BCUT2D eigenvalue weighted by molar-refractivity contribution is 7.71. The fraction of sp³-hybridized carbons (Fsp3) is 0.500. The number of ether oxygens (including phenoxy) is 2. The molecule has 2 bridgehead atoms. The van der Waals surface area contributed by atoms with Crippen LogP contribution in [0.5, 0.6) is 0 Å². The Hall–Kier alpha value is -3.02. The molecule has 0 aliphatic carbocycles. The van der Waals surface area contributed by atoms with Gasteiger partial charge in [0.15, 0.2) is 29.3 Å². The van der Waals surface area contributed by atoms with Gasteiger partial charge in [0.05, 0.1) is 32.2 Å². The molecule has 25 heteroatoms. The molecule has 3 fully saturated rings. The highest BCUT2D eigenvalue weighted by atomic mass is 32.1. The number of nitrogens with zero attached hydrogens (tertiary/aromatic N) is 6. The van der Waals surface area contributed by atoms with E-state index in [9.17, 15) is 33.9 Å². The molecule has 242 valence electrons. The highest BCUT2D eigenvalue weighted by Gasteiger charge is 2.54. The zero-order valence-electron chi connectivity index (χ0n) is 22.3. The van der Waals surface area contributed by atoms with E-state index in [0.717, 1.165) is 10.9 Å². The average Bonchev–Trinajstić information content (AvgIpc) is 3.72. The number of anilines is 1. The van der Waals surface area contributed by atoms with Gasteiger partial charge in [0.2, 0.25) is 5.95 Å². The smallest absolute Gasteiger partial charge is 0.387 e. The van der Waals surface area contributed by atoms with E-state index in [1.54, 1.807) is 0 Å². The summed E-state index contributed by atoms with van der Waals surface area (Å²) in [5, 5.41) is 22.1. The molecule has 0 amide bonds. The minimum atomic E-state index is -5.11. The Morgan fingerprint density at radius 2 is 1.51 bits per heavy atom. The number of imidazole rings is 2. The van der Waals surface area contributed by atoms with Gasteiger partial charge in [-0.2, -0.15) is 4.98 Å². The summed E-state index contributed by atoms with van der Waals surface area (Å²) < 4.78 is 61.4. The van der Waals surface area contributed by atoms with Crippen molar-refractivity contribution in [2.45, 2.75) is 49.1 Å². The number of aromatic nitrogens is 8. The van der Waals surface area contributed by atoms with Crippen molar-refractivity contribution in [3.05, 3.63) is 34.0 Å². The van der Waals surface area contributed by atoms with Gasteiger partial charge in [-0.3, -0.25) is 37.0 Å². The lowest BCUT2D eigenvalue weighted by atomic mass is 10.1. The lowest BCUT2D eigenvalue weighted by Gasteiger charge is -2.25. The van der Waals surface area contributed by atoms with E-state index in [-0.39, 0.29) is 32.9 Å². The van der Waals surface area contributed by atoms with Crippen molar-refractivity contribution in [2.75, 3.05) is 18.9 Å². The van der Waals surface area contributed by atoms with Crippen LogP contribution in [0.25, 0.3) is 22.3 Å².